The molecule has 0 N–H and O–H groups in total. The summed E-state index contributed by atoms with van der Waals surface area (Å²) < 4.78 is 1.57. The molecular weight excluding hydrogens is 344 g/mol. The quantitative estimate of drug-likeness (QED) is 0.412. The highest BCUT2D eigenvalue weighted by Gasteiger charge is 2.15. The SMILES string of the molecule is O=c1c2cccnc2nc(-c2ccc([N+](=O)[O-])cc2)n1Cc1ccccc1. The minimum Gasteiger partial charge on any atom is -0.288 e. The number of aromatic nitrogens is 3. The molecule has 2 aromatic heterocycles. The van der Waals surface area contributed by atoms with E-state index >= 15 is 0 Å². The molecule has 0 saturated heterocycles. The van der Waals surface area contributed by atoms with E-state index in [1.54, 1.807) is 35.0 Å². The summed E-state index contributed by atoms with van der Waals surface area (Å²) in [5, 5.41) is 11.3. The highest BCUT2D eigenvalue weighted by molar-refractivity contribution is 5.76. The second-order valence-corrected chi connectivity index (χ2v) is 5.99. The van der Waals surface area contributed by atoms with Crippen LogP contribution in [-0.2, 0) is 6.54 Å². The number of nitro benzene ring substituents is 1. The molecule has 0 bridgehead atoms. The van der Waals surface area contributed by atoms with Gasteiger partial charge in [0, 0.05) is 23.9 Å². The first-order valence-electron chi connectivity index (χ1n) is 8.28. The Kier molecular flexibility index (Phi) is 4.18. The van der Waals surface area contributed by atoms with E-state index in [0.29, 0.717) is 29.0 Å². The molecule has 7 heteroatoms. The average molecular weight is 358 g/mol. The normalized spacial score (nSPS) is 10.8. The van der Waals surface area contributed by atoms with Gasteiger partial charge in [-0.05, 0) is 29.8 Å². The van der Waals surface area contributed by atoms with Crippen molar-refractivity contribution in [2.45, 2.75) is 6.54 Å². The molecule has 0 aliphatic rings. The lowest BCUT2D eigenvalue weighted by atomic mass is 10.1. The third kappa shape index (κ3) is 3.18. The smallest absolute Gasteiger partial charge is 0.269 e. The summed E-state index contributed by atoms with van der Waals surface area (Å²) in [6.07, 6.45) is 1.58. The predicted molar refractivity (Wildman–Crippen MR) is 101 cm³/mol. The number of nitro groups is 1. The number of pyridine rings is 1. The van der Waals surface area contributed by atoms with Crippen LogP contribution in [0.25, 0.3) is 22.4 Å². The van der Waals surface area contributed by atoms with Gasteiger partial charge in [-0.2, -0.15) is 0 Å². The third-order valence-corrected chi connectivity index (χ3v) is 4.25. The molecule has 0 spiro atoms. The Balaban J connectivity index is 1.93. The van der Waals surface area contributed by atoms with Gasteiger partial charge in [0.25, 0.3) is 11.2 Å². The summed E-state index contributed by atoms with van der Waals surface area (Å²) in [4.78, 5) is 32.3. The first kappa shape index (κ1) is 16.6. The first-order valence-corrected chi connectivity index (χ1v) is 8.28. The lowest BCUT2D eigenvalue weighted by molar-refractivity contribution is -0.384. The summed E-state index contributed by atoms with van der Waals surface area (Å²) in [5.41, 5.74) is 1.69. The van der Waals surface area contributed by atoms with E-state index in [1.165, 1.54) is 12.1 Å². The van der Waals surface area contributed by atoms with Gasteiger partial charge >= 0.3 is 0 Å². The van der Waals surface area contributed by atoms with Gasteiger partial charge in [0.05, 0.1) is 16.9 Å². The molecule has 27 heavy (non-hydrogen) atoms. The minimum absolute atomic E-state index is 0.0189. The minimum atomic E-state index is -0.462. The number of rotatable bonds is 4. The molecule has 132 valence electrons. The summed E-state index contributed by atoms with van der Waals surface area (Å²) in [5.74, 6) is 0.421. The van der Waals surface area contributed by atoms with Gasteiger partial charge in [-0.3, -0.25) is 19.5 Å². The number of hydrogen-bond donors (Lipinski definition) is 0. The van der Waals surface area contributed by atoms with Crippen LogP contribution in [0, 0.1) is 10.1 Å². The number of benzene rings is 2. The van der Waals surface area contributed by atoms with Crippen molar-refractivity contribution in [3.63, 3.8) is 0 Å². The van der Waals surface area contributed by atoms with Crippen LogP contribution in [0.15, 0.2) is 77.7 Å². The summed E-state index contributed by atoms with van der Waals surface area (Å²) in [7, 11) is 0. The zero-order valence-electron chi connectivity index (χ0n) is 14.1. The highest BCUT2D eigenvalue weighted by atomic mass is 16.6. The highest BCUT2D eigenvalue weighted by Crippen LogP contribution is 2.22. The van der Waals surface area contributed by atoms with E-state index in [-0.39, 0.29) is 11.2 Å². The molecule has 4 aromatic rings. The van der Waals surface area contributed by atoms with E-state index < -0.39 is 4.92 Å². The lowest BCUT2D eigenvalue weighted by Crippen LogP contribution is -2.24. The topological polar surface area (TPSA) is 90.9 Å². The van der Waals surface area contributed by atoms with Crippen molar-refractivity contribution in [1.29, 1.82) is 0 Å². The molecule has 0 radical (unpaired) electrons. The van der Waals surface area contributed by atoms with E-state index in [9.17, 15) is 14.9 Å². The molecule has 0 atom stereocenters. The third-order valence-electron chi connectivity index (χ3n) is 4.25. The van der Waals surface area contributed by atoms with E-state index in [1.807, 2.05) is 30.3 Å². The van der Waals surface area contributed by atoms with Crippen molar-refractivity contribution in [1.82, 2.24) is 14.5 Å². The summed E-state index contributed by atoms with van der Waals surface area (Å²) >= 11 is 0. The van der Waals surface area contributed by atoms with Crippen molar-refractivity contribution in [3.05, 3.63) is 99.0 Å². The fourth-order valence-corrected chi connectivity index (χ4v) is 2.92. The largest absolute Gasteiger partial charge is 0.288 e. The Hall–Kier alpha value is -3.87. The standard InChI is InChI=1S/C20H14N4O3/c25-20-17-7-4-12-21-18(17)22-19(15-8-10-16(11-9-15)24(26)27)23(20)13-14-5-2-1-3-6-14/h1-12H,13H2. The maximum atomic E-state index is 13.1. The molecule has 0 aliphatic carbocycles. The number of nitrogens with zero attached hydrogens (tertiary/aromatic N) is 4. The number of fused-ring (bicyclic) bond motifs is 1. The fraction of sp³-hybridized carbons (Fsp3) is 0.0500. The maximum Gasteiger partial charge on any atom is 0.269 e. The first-order chi connectivity index (χ1) is 13.1. The van der Waals surface area contributed by atoms with Crippen LogP contribution in [0.5, 0.6) is 0 Å². The molecule has 0 aliphatic heterocycles. The van der Waals surface area contributed by atoms with Crippen LogP contribution in [0.1, 0.15) is 5.56 Å². The Morgan fingerprint density at radius 2 is 1.70 bits per heavy atom. The second kappa shape index (κ2) is 6.80. The molecule has 0 saturated carbocycles. The van der Waals surface area contributed by atoms with Crippen molar-refractivity contribution in [2.24, 2.45) is 0 Å². The van der Waals surface area contributed by atoms with Crippen LogP contribution in [0.4, 0.5) is 5.69 Å². The van der Waals surface area contributed by atoms with Gasteiger partial charge in [-0.15, -0.1) is 0 Å². The van der Waals surface area contributed by atoms with Gasteiger partial charge in [-0.1, -0.05) is 30.3 Å². The molecule has 2 heterocycles. The van der Waals surface area contributed by atoms with E-state index in [4.69, 9.17) is 0 Å². The Bertz CT molecular complexity index is 1190. The zero-order valence-corrected chi connectivity index (χ0v) is 14.1. The van der Waals surface area contributed by atoms with Gasteiger partial charge in [0.15, 0.2) is 5.65 Å². The van der Waals surface area contributed by atoms with E-state index in [2.05, 4.69) is 9.97 Å². The Morgan fingerprint density at radius 1 is 0.963 bits per heavy atom. The average Bonchev–Trinajstić information content (AvgIpc) is 2.71. The van der Waals surface area contributed by atoms with Gasteiger partial charge in [-0.25, -0.2) is 9.97 Å². The van der Waals surface area contributed by atoms with Crippen LogP contribution < -0.4 is 5.56 Å². The van der Waals surface area contributed by atoms with Crippen LogP contribution >= 0.6 is 0 Å². The van der Waals surface area contributed by atoms with Crippen molar-refractivity contribution < 1.29 is 4.92 Å². The molecule has 0 amide bonds. The predicted octanol–water partition coefficient (Wildman–Crippen LogP) is 3.42. The molecular formula is C20H14N4O3. The monoisotopic (exact) mass is 358 g/mol. The number of hydrogen-bond acceptors (Lipinski definition) is 5. The van der Waals surface area contributed by atoms with Gasteiger partial charge in [0.2, 0.25) is 0 Å². The number of non-ortho nitro benzene ring substituents is 1. The Labute approximate surface area is 153 Å². The van der Waals surface area contributed by atoms with Crippen molar-refractivity contribution >= 4 is 16.7 Å². The van der Waals surface area contributed by atoms with Gasteiger partial charge in [0.1, 0.15) is 5.82 Å². The van der Waals surface area contributed by atoms with Crippen molar-refractivity contribution in [3.8, 4) is 11.4 Å². The van der Waals surface area contributed by atoms with Crippen LogP contribution in [-0.4, -0.2) is 19.5 Å². The molecule has 2 aromatic carbocycles. The Morgan fingerprint density at radius 3 is 2.41 bits per heavy atom. The van der Waals surface area contributed by atoms with Crippen LogP contribution in [0.2, 0.25) is 0 Å². The van der Waals surface area contributed by atoms with Crippen molar-refractivity contribution in [2.75, 3.05) is 0 Å². The molecule has 7 nitrogen and oxygen atoms in total. The van der Waals surface area contributed by atoms with Crippen LogP contribution in [0.3, 0.4) is 0 Å². The summed E-state index contributed by atoms with van der Waals surface area (Å²) in [6.45, 7) is 0.337. The zero-order chi connectivity index (χ0) is 18.8. The van der Waals surface area contributed by atoms with Gasteiger partial charge < -0.3 is 0 Å². The second-order valence-electron chi connectivity index (χ2n) is 5.99. The maximum absolute atomic E-state index is 13.1. The molecule has 4 rings (SSSR count). The fourth-order valence-electron chi connectivity index (χ4n) is 2.92. The summed E-state index contributed by atoms with van der Waals surface area (Å²) in [6, 6.07) is 19.0. The van der Waals surface area contributed by atoms with E-state index in [0.717, 1.165) is 5.56 Å². The molecule has 0 unspecified atom stereocenters. The lowest BCUT2D eigenvalue weighted by Gasteiger charge is -2.13. The molecule has 0 fully saturated rings.